The Morgan fingerprint density at radius 2 is 2.15 bits per heavy atom. The Hall–Kier alpha value is -1.95. The second-order valence-electron chi connectivity index (χ2n) is 4.96. The van der Waals surface area contributed by atoms with E-state index in [0.717, 1.165) is 47.4 Å². The van der Waals surface area contributed by atoms with Crippen molar-refractivity contribution >= 4 is 22.4 Å². The van der Waals surface area contributed by atoms with E-state index in [-0.39, 0.29) is 0 Å². The highest BCUT2D eigenvalue weighted by Crippen LogP contribution is 2.25. The first-order chi connectivity index (χ1) is 9.60. The number of likely N-dealkylation sites (N-methyl/N-ethyl adjacent to an activating group) is 1. The molecule has 6 heteroatoms. The molecule has 0 radical (unpaired) electrons. The van der Waals surface area contributed by atoms with Crippen LogP contribution in [-0.2, 0) is 13.5 Å². The van der Waals surface area contributed by atoms with E-state index >= 15 is 0 Å². The van der Waals surface area contributed by atoms with Gasteiger partial charge in [-0.3, -0.25) is 0 Å². The molecule has 0 saturated heterocycles. The van der Waals surface area contributed by atoms with Crippen molar-refractivity contribution in [3.05, 3.63) is 18.1 Å². The fourth-order valence-electron chi connectivity index (χ4n) is 2.29. The standard InChI is InChI=1S/C14H22N6/c1-5-6-7-10-17-12-13(20(10)4)11(9(2)8-16-3)18-19-14(12)15/h16H,2,5-8H2,1,3-4H3,(H2,15,19). The van der Waals surface area contributed by atoms with Crippen molar-refractivity contribution in [3.63, 3.8) is 0 Å². The van der Waals surface area contributed by atoms with Gasteiger partial charge in [0, 0.05) is 20.0 Å². The van der Waals surface area contributed by atoms with E-state index in [4.69, 9.17) is 5.73 Å². The molecule has 0 unspecified atom stereocenters. The summed E-state index contributed by atoms with van der Waals surface area (Å²) >= 11 is 0. The average molecular weight is 274 g/mol. The molecule has 2 rings (SSSR count). The van der Waals surface area contributed by atoms with Crippen LogP contribution in [0.4, 0.5) is 5.82 Å². The van der Waals surface area contributed by atoms with Gasteiger partial charge in [-0.1, -0.05) is 19.9 Å². The van der Waals surface area contributed by atoms with Gasteiger partial charge in [-0.2, -0.15) is 0 Å². The van der Waals surface area contributed by atoms with Crippen LogP contribution in [0, 0.1) is 0 Å². The Morgan fingerprint density at radius 3 is 2.80 bits per heavy atom. The zero-order valence-corrected chi connectivity index (χ0v) is 12.4. The summed E-state index contributed by atoms with van der Waals surface area (Å²) in [6.07, 6.45) is 3.16. The molecule has 2 aromatic heterocycles. The van der Waals surface area contributed by atoms with Gasteiger partial charge in [0.25, 0.3) is 0 Å². The van der Waals surface area contributed by atoms with Gasteiger partial charge >= 0.3 is 0 Å². The number of rotatable bonds is 6. The van der Waals surface area contributed by atoms with E-state index in [0.29, 0.717) is 12.4 Å². The van der Waals surface area contributed by atoms with E-state index in [1.807, 2.05) is 14.1 Å². The summed E-state index contributed by atoms with van der Waals surface area (Å²) in [5, 5.41) is 11.3. The Balaban J connectivity index is 2.57. The van der Waals surface area contributed by atoms with Crippen molar-refractivity contribution in [2.45, 2.75) is 26.2 Å². The van der Waals surface area contributed by atoms with Crippen molar-refractivity contribution in [2.24, 2.45) is 7.05 Å². The molecule has 0 aromatic carbocycles. The van der Waals surface area contributed by atoms with Gasteiger partial charge in [0.1, 0.15) is 22.6 Å². The number of hydrogen-bond acceptors (Lipinski definition) is 5. The number of nitrogen functional groups attached to an aromatic ring is 1. The van der Waals surface area contributed by atoms with Crippen LogP contribution in [0.3, 0.4) is 0 Å². The number of hydrogen-bond donors (Lipinski definition) is 2. The predicted molar refractivity (Wildman–Crippen MR) is 82.3 cm³/mol. The molecule has 0 aliphatic carbocycles. The van der Waals surface area contributed by atoms with Gasteiger partial charge in [-0.25, -0.2) is 4.98 Å². The molecule has 20 heavy (non-hydrogen) atoms. The zero-order valence-electron chi connectivity index (χ0n) is 12.4. The maximum Gasteiger partial charge on any atom is 0.174 e. The van der Waals surface area contributed by atoms with Crippen LogP contribution in [0.1, 0.15) is 31.3 Å². The summed E-state index contributed by atoms with van der Waals surface area (Å²) in [5.41, 5.74) is 9.21. The second kappa shape index (κ2) is 6.00. The lowest BCUT2D eigenvalue weighted by atomic mass is 10.2. The van der Waals surface area contributed by atoms with Gasteiger partial charge in [0.15, 0.2) is 5.82 Å². The number of anilines is 1. The highest BCUT2D eigenvalue weighted by atomic mass is 15.2. The quantitative estimate of drug-likeness (QED) is 0.834. The SMILES string of the molecule is C=C(CNC)c1nnc(N)c2nc(CCCC)n(C)c12. The smallest absolute Gasteiger partial charge is 0.174 e. The number of unbranched alkanes of at least 4 members (excludes halogenated alkanes) is 1. The molecule has 0 amide bonds. The van der Waals surface area contributed by atoms with E-state index in [9.17, 15) is 0 Å². The highest BCUT2D eigenvalue weighted by molar-refractivity contribution is 5.92. The third-order valence-corrected chi connectivity index (χ3v) is 3.39. The molecular formula is C14H22N6. The van der Waals surface area contributed by atoms with E-state index in [2.05, 4.69) is 38.6 Å². The van der Waals surface area contributed by atoms with Crippen molar-refractivity contribution in [1.82, 2.24) is 25.1 Å². The topological polar surface area (TPSA) is 81.7 Å². The minimum atomic E-state index is 0.374. The molecule has 0 fully saturated rings. The van der Waals surface area contributed by atoms with Gasteiger partial charge in [0.05, 0.1) is 0 Å². The third-order valence-electron chi connectivity index (χ3n) is 3.39. The van der Waals surface area contributed by atoms with Crippen molar-refractivity contribution in [1.29, 1.82) is 0 Å². The number of nitrogens with one attached hydrogen (secondary N) is 1. The Kier molecular flexibility index (Phi) is 4.34. The highest BCUT2D eigenvalue weighted by Gasteiger charge is 2.17. The first-order valence-electron chi connectivity index (χ1n) is 6.90. The second-order valence-corrected chi connectivity index (χ2v) is 4.96. The maximum atomic E-state index is 5.92. The molecule has 0 aliphatic heterocycles. The van der Waals surface area contributed by atoms with Crippen molar-refractivity contribution in [3.8, 4) is 0 Å². The summed E-state index contributed by atoms with van der Waals surface area (Å²) in [6.45, 7) is 6.88. The van der Waals surface area contributed by atoms with Crippen LogP contribution in [0.25, 0.3) is 16.6 Å². The number of nitrogens with zero attached hydrogens (tertiary/aromatic N) is 4. The lowest BCUT2D eigenvalue weighted by Gasteiger charge is -2.08. The number of imidazole rings is 1. The number of fused-ring (bicyclic) bond motifs is 1. The van der Waals surface area contributed by atoms with E-state index in [1.54, 1.807) is 0 Å². The number of aromatic nitrogens is 4. The first kappa shape index (κ1) is 14.5. The number of nitrogens with two attached hydrogens (primary N) is 1. The van der Waals surface area contributed by atoms with Gasteiger partial charge in [0.2, 0.25) is 0 Å². The largest absolute Gasteiger partial charge is 0.380 e. The van der Waals surface area contributed by atoms with Crippen LogP contribution in [0.15, 0.2) is 6.58 Å². The van der Waals surface area contributed by atoms with Crippen LogP contribution in [-0.4, -0.2) is 33.3 Å². The average Bonchev–Trinajstić information content (AvgIpc) is 2.76. The molecule has 0 saturated carbocycles. The van der Waals surface area contributed by atoms with Crippen molar-refractivity contribution < 1.29 is 0 Å². The summed E-state index contributed by atoms with van der Waals surface area (Å²) in [4.78, 5) is 4.63. The minimum Gasteiger partial charge on any atom is -0.380 e. The first-order valence-corrected chi connectivity index (χ1v) is 6.90. The number of aryl methyl sites for hydroxylation is 2. The summed E-state index contributed by atoms with van der Waals surface area (Å²) in [7, 11) is 3.88. The third kappa shape index (κ3) is 2.51. The molecule has 0 aliphatic rings. The van der Waals surface area contributed by atoms with Crippen LogP contribution >= 0.6 is 0 Å². The molecule has 6 nitrogen and oxygen atoms in total. The fourth-order valence-corrected chi connectivity index (χ4v) is 2.29. The fraction of sp³-hybridized carbons (Fsp3) is 0.500. The van der Waals surface area contributed by atoms with Gasteiger partial charge in [-0.05, 0) is 19.0 Å². The Morgan fingerprint density at radius 1 is 1.40 bits per heavy atom. The molecular weight excluding hydrogens is 252 g/mol. The zero-order chi connectivity index (χ0) is 14.7. The lowest BCUT2D eigenvalue weighted by Crippen LogP contribution is -2.12. The summed E-state index contributed by atoms with van der Waals surface area (Å²) < 4.78 is 2.06. The summed E-state index contributed by atoms with van der Waals surface area (Å²) in [6, 6.07) is 0. The molecule has 2 aromatic rings. The van der Waals surface area contributed by atoms with Crippen LogP contribution in [0.5, 0.6) is 0 Å². The van der Waals surface area contributed by atoms with E-state index < -0.39 is 0 Å². The minimum absolute atomic E-state index is 0.374. The van der Waals surface area contributed by atoms with Crippen molar-refractivity contribution in [2.75, 3.05) is 19.3 Å². The van der Waals surface area contributed by atoms with Gasteiger partial charge < -0.3 is 15.6 Å². The summed E-state index contributed by atoms with van der Waals surface area (Å²) in [5.74, 6) is 1.39. The van der Waals surface area contributed by atoms with Crippen LogP contribution < -0.4 is 11.1 Å². The Labute approximate surface area is 119 Å². The monoisotopic (exact) mass is 274 g/mol. The molecule has 108 valence electrons. The predicted octanol–water partition coefficient (Wildman–Crippen LogP) is 1.52. The Bertz CT molecular complexity index is 628. The molecule has 2 heterocycles. The van der Waals surface area contributed by atoms with Crippen LogP contribution in [0.2, 0.25) is 0 Å². The van der Waals surface area contributed by atoms with E-state index in [1.165, 1.54) is 0 Å². The lowest BCUT2D eigenvalue weighted by molar-refractivity contribution is 0.719. The molecule has 3 N–H and O–H groups in total. The normalized spacial score (nSPS) is 11.2. The van der Waals surface area contributed by atoms with Gasteiger partial charge in [-0.15, -0.1) is 10.2 Å². The maximum absolute atomic E-state index is 5.92. The molecule has 0 spiro atoms. The molecule has 0 atom stereocenters. The molecule has 0 bridgehead atoms.